The molecule has 17 heavy (non-hydrogen) atoms. The molecule has 0 aliphatic carbocycles. The number of likely N-dealkylation sites (tertiary alicyclic amines) is 1. The first kappa shape index (κ1) is 12.1. The van der Waals surface area contributed by atoms with Crippen LogP contribution in [0.2, 0.25) is 0 Å². The molecule has 0 bridgehead atoms. The minimum absolute atomic E-state index is 0.0825. The van der Waals surface area contributed by atoms with Gasteiger partial charge in [-0.15, -0.1) is 0 Å². The molecule has 0 spiro atoms. The van der Waals surface area contributed by atoms with E-state index in [1.807, 2.05) is 18.7 Å². The quantitative estimate of drug-likeness (QED) is 0.796. The SMILES string of the molecule is CC1(C#N)CCN(CCCn2ccnc2)CC1. The van der Waals surface area contributed by atoms with E-state index in [2.05, 4.69) is 27.4 Å². The second-order valence-electron chi connectivity index (χ2n) is 5.17. The van der Waals surface area contributed by atoms with Crippen LogP contribution in [-0.2, 0) is 6.54 Å². The second-order valence-corrected chi connectivity index (χ2v) is 5.17. The lowest BCUT2D eigenvalue weighted by Gasteiger charge is -2.34. The van der Waals surface area contributed by atoms with Gasteiger partial charge in [0.1, 0.15) is 0 Å². The fraction of sp³-hybridized carbons (Fsp3) is 0.692. The summed E-state index contributed by atoms with van der Waals surface area (Å²) >= 11 is 0. The molecule has 1 aromatic heterocycles. The van der Waals surface area contributed by atoms with E-state index in [9.17, 15) is 0 Å². The van der Waals surface area contributed by atoms with Crippen LogP contribution >= 0.6 is 0 Å². The molecule has 0 N–H and O–H groups in total. The molecule has 1 fully saturated rings. The van der Waals surface area contributed by atoms with Crippen LogP contribution in [0.1, 0.15) is 26.2 Å². The molecule has 2 heterocycles. The van der Waals surface area contributed by atoms with Crippen molar-refractivity contribution in [1.82, 2.24) is 14.5 Å². The molecule has 0 atom stereocenters. The molecular weight excluding hydrogens is 212 g/mol. The van der Waals surface area contributed by atoms with Crippen molar-refractivity contribution < 1.29 is 0 Å². The molecule has 1 aromatic rings. The lowest BCUT2D eigenvalue weighted by atomic mass is 9.82. The van der Waals surface area contributed by atoms with Crippen molar-refractivity contribution in [2.45, 2.75) is 32.7 Å². The van der Waals surface area contributed by atoms with E-state index in [1.165, 1.54) is 0 Å². The summed E-state index contributed by atoms with van der Waals surface area (Å²) in [5.74, 6) is 0. The number of aryl methyl sites for hydroxylation is 1. The Balaban J connectivity index is 1.67. The summed E-state index contributed by atoms with van der Waals surface area (Å²) in [7, 11) is 0. The topological polar surface area (TPSA) is 44.9 Å². The molecule has 0 saturated carbocycles. The number of rotatable bonds is 4. The summed E-state index contributed by atoms with van der Waals surface area (Å²) in [6.45, 7) is 6.36. The van der Waals surface area contributed by atoms with Gasteiger partial charge in [-0.25, -0.2) is 4.98 Å². The minimum Gasteiger partial charge on any atom is -0.337 e. The van der Waals surface area contributed by atoms with Crippen molar-refractivity contribution in [2.24, 2.45) is 5.41 Å². The van der Waals surface area contributed by atoms with E-state index >= 15 is 0 Å². The Morgan fingerprint density at radius 2 is 2.12 bits per heavy atom. The van der Waals surface area contributed by atoms with Gasteiger partial charge >= 0.3 is 0 Å². The predicted octanol–water partition coefficient (Wildman–Crippen LogP) is 1.90. The zero-order valence-corrected chi connectivity index (χ0v) is 10.5. The number of piperidine rings is 1. The van der Waals surface area contributed by atoms with Crippen LogP contribution in [0.25, 0.3) is 0 Å². The van der Waals surface area contributed by atoms with Crippen molar-refractivity contribution >= 4 is 0 Å². The van der Waals surface area contributed by atoms with Crippen molar-refractivity contribution in [2.75, 3.05) is 19.6 Å². The highest BCUT2D eigenvalue weighted by Gasteiger charge is 2.29. The lowest BCUT2D eigenvalue weighted by molar-refractivity contribution is 0.154. The summed E-state index contributed by atoms with van der Waals surface area (Å²) in [4.78, 5) is 6.50. The van der Waals surface area contributed by atoms with Crippen LogP contribution in [0, 0.1) is 16.7 Å². The fourth-order valence-corrected chi connectivity index (χ4v) is 2.28. The van der Waals surface area contributed by atoms with Gasteiger partial charge in [-0.1, -0.05) is 0 Å². The molecule has 4 nitrogen and oxygen atoms in total. The average molecular weight is 232 g/mol. The Kier molecular flexibility index (Phi) is 3.80. The molecule has 4 heteroatoms. The van der Waals surface area contributed by atoms with Gasteiger partial charge in [-0.2, -0.15) is 5.26 Å². The number of nitrogens with zero attached hydrogens (tertiary/aromatic N) is 4. The van der Waals surface area contributed by atoms with Gasteiger partial charge in [-0.3, -0.25) is 0 Å². The number of hydrogen-bond donors (Lipinski definition) is 0. The molecule has 0 aromatic carbocycles. The maximum atomic E-state index is 9.06. The molecular formula is C13H20N4. The normalized spacial score (nSPS) is 20.0. The highest BCUT2D eigenvalue weighted by atomic mass is 15.1. The van der Waals surface area contributed by atoms with Gasteiger partial charge in [0.15, 0.2) is 0 Å². The standard InChI is InChI=1S/C13H20N4/c1-13(11-14)3-8-16(9-4-13)6-2-7-17-10-5-15-12-17/h5,10,12H,2-4,6-9H2,1H3. The highest BCUT2D eigenvalue weighted by Crippen LogP contribution is 2.29. The monoisotopic (exact) mass is 232 g/mol. The number of imidazole rings is 1. The van der Waals surface area contributed by atoms with E-state index in [1.54, 1.807) is 0 Å². The Labute approximate surface area is 103 Å². The molecule has 0 unspecified atom stereocenters. The smallest absolute Gasteiger partial charge is 0.0945 e. The predicted molar refractivity (Wildman–Crippen MR) is 66.2 cm³/mol. The van der Waals surface area contributed by atoms with Crippen molar-refractivity contribution in [3.63, 3.8) is 0 Å². The Morgan fingerprint density at radius 3 is 2.71 bits per heavy atom. The zero-order valence-electron chi connectivity index (χ0n) is 10.5. The summed E-state index contributed by atoms with van der Waals surface area (Å²) in [6, 6.07) is 2.44. The van der Waals surface area contributed by atoms with E-state index < -0.39 is 0 Å². The Hall–Kier alpha value is -1.34. The maximum Gasteiger partial charge on any atom is 0.0945 e. The number of hydrogen-bond acceptors (Lipinski definition) is 3. The first-order chi connectivity index (χ1) is 8.22. The summed E-state index contributed by atoms with van der Waals surface area (Å²) in [6.07, 6.45) is 8.86. The van der Waals surface area contributed by atoms with Crippen molar-refractivity contribution in [3.05, 3.63) is 18.7 Å². The molecule has 92 valence electrons. The molecule has 0 radical (unpaired) electrons. The first-order valence-corrected chi connectivity index (χ1v) is 6.31. The van der Waals surface area contributed by atoms with Gasteiger partial charge in [0, 0.05) is 18.9 Å². The van der Waals surface area contributed by atoms with Crippen molar-refractivity contribution in [1.29, 1.82) is 5.26 Å². The third-order valence-corrected chi connectivity index (χ3v) is 3.68. The van der Waals surface area contributed by atoms with Gasteiger partial charge in [-0.05, 0) is 45.8 Å². The fourth-order valence-electron chi connectivity index (χ4n) is 2.28. The van der Waals surface area contributed by atoms with Crippen LogP contribution in [-0.4, -0.2) is 34.1 Å². The Morgan fingerprint density at radius 1 is 1.35 bits per heavy atom. The van der Waals surface area contributed by atoms with Gasteiger partial charge in [0.25, 0.3) is 0 Å². The highest BCUT2D eigenvalue weighted by molar-refractivity contribution is 4.98. The molecule has 2 rings (SSSR count). The van der Waals surface area contributed by atoms with E-state index in [0.717, 1.165) is 45.4 Å². The van der Waals surface area contributed by atoms with Crippen LogP contribution in [0.15, 0.2) is 18.7 Å². The number of aromatic nitrogens is 2. The van der Waals surface area contributed by atoms with Gasteiger partial charge < -0.3 is 9.47 Å². The van der Waals surface area contributed by atoms with Crippen LogP contribution in [0.4, 0.5) is 0 Å². The Bertz CT molecular complexity index is 369. The van der Waals surface area contributed by atoms with Gasteiger partial charge in [0.2, 0.25) is 0 Å². The molecule has 0 amide bonds. The molecule has 1 saturated heterocycles. The van der Waals surface area contributed by atoms with Gasteiger partial charge in [0.05, 0.1) is 17.8 Å². The summed E-state index contributed by atoms with van der Waals surface area (Å²) in [5.41, 5.74) is -0.0825. The average Bonchev–Trinajstić information content (AvgIpc) is 2.85. The maximum absolute atomic E-state index is 9.06. The minimum atomic E-state index is -0.0825. The zero-order chi connectivity index (χ0) is 12.1. The van der Waals surface area contributed by atoms with Crippen molar-refractivity contribution in [3.8, 4) is 6.07 Å². The van der Waals surface area contributed by atoms with Crippen LogP contribution in [0.5, 0.6) is 0 Å². The second kappa shape index (κ2) is 5.33. The van der Waals surface area contributed by atoms with Crippen LogP contribution < -0.4 is 0 Å². The third-order valence-electron chi connectivity index (χ3n) is 3.68. The van der Waals surface area contributed by atoms with Crippen LogP contribution in [0.3, 0.4) is 0 Å². The molecule has 1 aliphatic rings. The van der Waals surface area contributed by atoms with E-state index in [0.29, 0.717) is 0 Å². The third kappa shape index (κ3) is 3.31. The van der Waals surface area contributed by atoms with E-state index in [-0.39, 0.29) is 5.41 Å². The lowest BCUT2D eigenvalue weighted by Crippen LogP contribution is -2.38. The largest absolute Gasteiger partial charge is 0.337 e. The molecule has 1 aliphatic heterocycles. The summed E-state index contributed by atoms with van der Waals surface area (Å²) in [5, 5.41) is 9.06. The summed E-state index contributed by atoms with van der Waals surface area (Å²) < 4.78 is 2.11. The first-order valence-electron chi connectivity index (χ1n) is 6.31. The van der Waals surface area contributed by atoms with E-state index in [4.69, 9.17) is 5.26 Å². The number of nitriles is 1.